The van der Waals surface area contributed by atoms with Gasteiger partial charge in [-0.25, -0.2) is 0 Å². The predicted molar refractivity (Wildman–Crippen MR) is 119 cm³/mol. The SMILES string of the molecule is CCCCCCCCCCC1CCC(CCCOc2ccc(C#N)cc2)CC1. The van der Waals surface area contributed by atoms with Crippen LogP contribution in [0.15, 0.2) is 24.3 Å². The molecule has 1 aromatic rings. The Kier molecular flexibility index (Phi) is 11.8. The van der Waals surface area contributed by atoms with Gasteiger partial charge in [0, 0.05) is 0 Å². The van der Waals surface area contributed by atoms with E-state index in [1.165, 1.54) is 89.9 Å². The minimum absolute atomic E-state index is 0.691. The molecule has 1 fully saturated rings. The summed E-state index contributed by atoms with van der Waals surface area (Å²) in [5.41, 5.74) is 0.691. The zero-order chi connectivity index (χ0) is 19.9. The van der Waals surface area contributed by atoms with Crippen LogP contribution < -0.4 is 4.74 Å². The molecule has 0 N–H and O–H groups in total. The van der Waals surface area contributed by atoms with Crippen molar-refractivity contribution in [3.05, 3.63) is 29.8 Å². The molecule has 1 aliphatic carbocycles. The van der Waals surface area contributed by atoms with E-state index >= 15 is 0 Å². The molecule has 156 valence electrons. The highest BCUT2D eigenvalue weighted by Crippen LogP contribution is 2.34. The van der Waals surface area contributed by atoms with E-state index in [1.54, 1.807) is 0 Å². The lowest BCUT2D eigenvalue weighted by Gasteiger charge is -2.28. The van der Waals surface area contributed by atoms with Crippen molar-refractivity contribution < 1.29 is 4.74 Å². The minimum atomic E-state index is 0.691. The van der Waals surface area contributed by atoms with Gasteiger partial charge < -0.3 is 4.74 Å². The van der Waals surface area contributed by atoms with Crippen molar-refractivity contribution in [1.82, 2.24) is 0 Å². The van der Waals surface area contributed by atoms with Crippen molar-refractivity contribution in [2.75, 3.05) is 6.61 Å². The maximum atomic E-state index is 8.82. The summed E-state index contributed by atoms with van der Waals surface area (Å²) in [6.45, 7) is 3.09. The summed E-state index contributed by atoms with van der Waals surface area (Å²) in [5.74, 6) is 2.80. The van der Waals surface area contributed by atoms with E-state index in [0.717, 1.165) is 30.6 Å². The summed E-state index contributed by atoms with van der Waals surface area (Å²) in [6.07, 6.45) is 21.2. The van der Waals surface area contributed by atoms with Crippen LogP contribution in [0.2, 0.25) is 0 Å². The maximum Gasteiger partial charge on any atom is 0.119 e. The van der Waals surface area contributed by atoms with Gasteiger partial charge in [-0.3, -0.25) is 0 Å². The molecule has 0 amide bonds. The van der Waals surface area contributed by atoms with Gasteiger partial charge >= 0.3 is 0 Å². The third-order valence-corrected chi connectivity index (χ3v) is 6.44. The average Bonchev–Trinajstić information content (AvgIpc) is 2.74. The largest absolute Gasteiger partial charge is 0.494 e. The number of nitrogens with zero attached hydrogens (tertiary/aromatic N) is 1. The standard InChI is InChI=1S/C26H41NO/c1-2-3-4-5-6-7-8-9-11-23-13-15-24(16-14-23)12-10-21-28-26-19-17-25(22-27)18-20-26/h17-20,23-24H,2-16,21H2,1H3. The molecule has 0 aromatic heterocycles. The molecule has 0 unspecified atom stereocenters. The lowest BCUT2D eigenvalue weighted by Crippen LogP contribution is -2.15. The lowest BCUT2D eigenvalue weighted by molar-refractivity contribution is 0.228. The first kappa shape index (κ1) is 22.8. The van der Waals surface area contributed by atoms with Crippen LogP contribution >= 0.6 is 0 Å². The molecular formula is C26H41NO. The van der Waals surface area contributed by atoms with E-state index in [2.05, 4.69) is 13.0 Å². The van der Waals surface area contributed by atoms with E-state index in [9.17, 15) is 0 Å². The third-order valence-electron chi connectivity index (χ3n) is 6.44. The Bertz CT molecular complexity index is 537. The van der Waals surface area contributed by atoms with E-state index in [1.807, 2.05) is 24.3 Å². The van der Waals surface area contributed by atoms with Gasteiger partial charge in [0.1, 0.15) is 5.75 Å². The predicted octanol–water partition coefficient (Wildman–Crippen LogP) is 8.05. The highest BCUT2D eigenvalue weighted by atomic mass is 16.5. The van der Waals surface area contributed by atoms with Crippen LogP contribution in [0.1, 0.15) is 109 Å². The second-order valence-electron chi connectivity index (χ2n) is 8.78. The molecule has 0 spiro atoms. The van der Waals surface area contributed by atoms with Crippen LogP contribution in [-0.4, -0.2) is 6.61 Å². The Morgan fingerprint density at radius 1 is 0.786 bits per heavy atom. The summed E-state index contributed by atoms with van der Waals surface area (Å²) in [6, 6.07) is 9.58. The summed E-state index contributed by atoms with van der Waals surface area (Å²) in [7, 11) is 0. The van der Waals surface area contributed by atoms with Gasteiger partial charge in [-0.05, 0) is 48.9 Å². The molecule has 2 rings (SSSR count). The second kappa shape index (κ2) is 14.5. The van der Waals surface area contributed by atoms with E-state index in [0.29, 0.717) is 5.56 Å². The Balaban J connectivity index is 1.43. The van der Waals surface area contributed by atoms with Crippen molar-refractivity contribution in [3.8, 4) is 11.8 Å². The Hall–Kier alpha value is -1.49. The fourth-order valence-electron chi connectivity index (χ4n) is 4.56. The third kappa shape index (κ3) is 9.63. The Morgan fingerprint density at radius 3 is 1.89 bits per heavy atom. The van der Waals surface area contributed by atoms with Gasteiger partial charge in [-0.1, -0.05) is 90.4 Å². The highest BCUT2D eigenvalue weighted by Gasteiger charge is 2.20. The van der Waals surface area contributed by atoms with Crippen molar-refractivity contribution >= 4 is 0 Å². The topological polar surface area (TPSA) is 33.0 Å². The summed E-state index contributed by atoms with van der Waals surface area (Å²) < 4.78 is 5.82. The smallest absolute Gasteiger partial charge is 0.119 e. The number of ether oxygens (including phenoxy) is 1. The molecule has 0 aliphatic heterocycles. The fraction of sp³-hybridized carbons (Fsp3) is 0.731. The maximum absolute atomic E-state index is 8.82. The first-order valence-corrected chi connectivity index (χ1v) is 11.9. The zero-order valence-corrected chi connectivity index (χ0v) is 18.1. The Morgan fingerprint density at radius 2 is 1.32 bits per heavy atom. The molecule has 0 saturated heterocycles. The first-order chi connectivity index (χ1) is 13.8. The van der Waals surface area contributed by atoms with Gasteiger partial charge in [-0.2, -0.15) is 5.26 Å². The number of nitriles is 1. The van der Waals surface area contributed by atoms with Gasteiger partial charge in [0.05, 0.1) is 18.2 Å². The minimum Gasteiger partial charge on any atom is -0.494 e. The molecule has 1 saturated carbocycles. The molecule has 2 heteroatoms. The molecule has 0 heterocycles. The van der Waals surface area contributed by atoms with Crippen LogP contribution in [0.4, 0.5) is 0 Å². The highest BCUT2D eigenvalue weighted by molar-refractivity contribution is 5.34. The van der Waals surface area contributed by atoms with Crippen molar-refractivity contribution in [2.24, 2.45) is 11.8 Å². The first-order valence-electron chi connectivity index (χ1n) is 11.9. The number of hydrogen-bond acceptors (Lipinski definition) is 2. The van der Waals surface area contributed by atoms with Crippen molar-refractivity contribution in [1.29, 1.82) is 5.26 Å². The number of rotatable bonds is 14. The van der Waals surface area contributed by atoms with Gasteiger partial charge in [0.2, 0.25) is 0 Å². The Labute approximate surface area is 173 Å². The molecular weight excluding hydrogens is 342 g/mol. The van der Waals surface area contributed by atoms with E-state index < -0.39 is 0 Å². The van der Waals surface area contributed by atoms with Crippen LogP contribution in [0.3, 0.4) is 0 Å². The fourth-order valence-corrected chi connectivity index (χ4v) is 4.56. The second-order valence-corrected chi connectivity index (χ2v) is 8.78. The van der Waals surface area contributed by atoms with Crippen LogP contribution in [-0.2, 0) is 0 Å². The van der Waals surface area contributed by atoms with Gasteiger partial charge in [-0.15, -0.1) is 0 Å². The van der Waals surface area contributed by atoms with E-state index in [-0.39, 0.29) is 0 Å². The summed E-state index contributed by atoms with van der Waals surface area (Å²) in [4.78, 5) is 0. The normalized spacial score (nSPS) is 19.3. The number of benzene rings is 1. The van der Waals surface area contributed by atoms with Crippen LogP contribution in [0.5, 0.6) is 5.75 Å². The molecule has 0 bridgehead atoms. The zero-order valence-electron chi connectivity index (χ0n) is 18.1. The summed E-state index contributed by atoms with van der Waals surface area (Å²) in [5, 5.41) is 8.82. The monoisotopic (exact) mass is 383 g/mol. The van der Waals surface area contributed by atoms with Gasteiger partial charge in [0.25, 0.3) is 0 Å². The molecule has 0 radical (unpaired) electrons. The van der Waals surface area contributed by atoms with Gasteiger partial charge in [0.15, 0.2) is 0 Å². The molecule has 2 nitrogen and oxygen atoms in total. The molecule has 1 aliphatic rings. The number of hydrogen-bond donors (Lipinski definition) is 0. The molecule has 0 atom stereocenters. The van der Waals surface area contributed by atoms with Crippen molar-refractivity contribution in [3.63, 3.8) is 0 Å². The van der Waals surface area contributed by atoms with Crippen LogP contribution in [0, 0.1) is 23.2 Å². The van der Waals surface area contributed by atoms with Crippen molar-refractivity contribution in [2.45, 2.75) is 103 Å². The average molecular weight is 384 g/mol. The quantitative estimate of drug-likeness (QED) is 0.304. The molecule has 1 aromatic carbocycles. The number of unbranched alkanes of at least 4 members (excludes halogenated alkanes) is 7. The molecule has 28 heavy (non-hydrogen) atoms. The lowest BCUT2D eigenvalue weighted by atomic mass is 9.78. The van der Waals surface area contributed by atoms with E-state index in [4.69, 9.17) is 10.00 Å². The summed E-state index contributed by atoms with van der Waals surface area (Å²) >= 11 is 0. The van der Waals surface area contributed by atoms with Crippen LogP contribution in [0.25, 0.3) is 0 Å².